The van der Waals surface area contributed by atoms with E-state index < -0.39 is 0 Å². The first-order valence-corrected chi connectivity index (χ1v) is 8.63. The fourth-order valence-corrected chi connectivity index (χ4v) is 4.54. The van der Waals surface area contributed by atoms with Crippen LogP contribution in [0.4, 0.5) is 0 Å². The first kappa shape index (κ1) is 17.2. The summed E-state index contributed by atoms with van der Waals surface area (Å²) in [6.45, 7) is 10.4. The molecule has 2 aliphatic carbocycles. The molecular formula is C20H30O2. The molecule has 0 unspecified atom stereocenters. The number of carbonyl (C=O) groups is 2. The van der Waals surface area contributed by atoms with Gasteiger partial charge in [0.05, 0.1) is 0 Å². The van der Waals surface area contributed by atoms with Crippen molar-refractivity contribution in [1.82, 2.24) is 0 Å². The Morgan fingerprint density at radius 3 is 2.73 bits per heavy atom. The second-order valence-corrected chi connectivity index (χ2v) is 7.99. The molecule has 4 atom stereocenters. The maximum absolute atomic E-state index is 12.6. The molecule has 2 heteroatoms. The van der Waals surface area contributed by atoms with Gasteiger partial charge in [0.15, 0.2) is 11.6 Å². The smallest absolute Gasteiger partial charge is 0.161 e. The van der Waals surface area contributed by atoms with E-state index in [4.69, 9.17) is 0 Å². The topological polar surface area (TPSA) is 34.1 Å². The van der Waals surface area contributed by atoms with Crippen molar-refractivity contribution in [2.45, 2.75) is 66.7 Å². The molecule has 0 heterocycles. The zero-order valence-electron chi connectivity index (χ0n) is 14.7. The Balaban J connectivity index is 2.13. The maximum atomic E-state index is 12.6. The second-order valence-electron chi connectivity index (χ2n) is 7.99. The Labute approximate surface area is 135 Å². The molecule has 0 N–H and O–H groups in total. The van der Waals surface area contributed by atoms with Gasteiger partial charge in [0.2, 0.25) is 0 Å². The molecule has 122 valence electrons. The number of hydrogen-bond acceptors (Lipinski definition) is 2. The molecule has 2 nitrogen and oxygen atoms in total. The summed E-state index contributed by atoms with van der Waals surface area (Å²) in [5, 5.41) is 0. The Bertz CT molecular complexity index is 522. The molecule has 2 rings (SSSR count). The van der Waals surface area contributed by atoms with Crippen molar-refractivity contribution in [1.29, 1.82) is 0 Å². The molecule has 0 spiro atoms. The normalized spacial score (nSPS) is 32.8. The highest BCUT2D eigenvalue weighted by Crippen LogP contribution is 2.54. The van der Waals surface area contributed by atoms with Gasteiger partial charge in [-0.25, -0.2) is 0 Å². The zero-order chi connectivity index (χ0) is 16.5. The van der Waals surface area contributed by atoms with Crippen molar-refractivity contribution < 1.29 is 9.59 Å². The minimum absolute atomic E-state index is 0.198. The third-order valence-electron chi connectivity index (χ3n) is 5.83. The summed E-state index contributed by atoms with van der Waals surface area (Å²) in [4.78, 5) is 24.7. The van der Waals surface area contributed by atoms with Gasteiger partial charge in [0.1, 0.15) is 0 Å². The van der Waals surface area contributed by atoms with Gasteiger partial charge in [-0.3, -0.25) is 9.59 Å². The summed E-state index contributed by atoms with van der Waals surface area (Å²) < 4.78 is 0. The maximum Gasteiger partial charge on any atom is 0.161 e. The van der Waals surface area contributed by atoms with Crippen LogP contribution in [0.15, 0.2) is 23.3 Å². The van der Waals surface area contributed by atoms with Gasteiger partial charge in [-0.15, -0.1) is 0 Å². The fourth-order valence-electron chi connectivity index (χ4n) is 4.54. The Hall–Kier alpha value is -1.18. The molecule has 0 aromatic rings. The summed E-state index contributed by atoms with van der Waals surface area (Å²) in [7, 11) is 0. The standard InChI is InChI=1S/C20H30O2/c1-13(2)10-16(21)12-15(4)17-8-9-20(5)18(17)7-6-14(3)11-19(20)22/h10-11,15,17-18H,6-9,12H2,1-5H3/t15-,17+,18+,20+/m0/s1. The van der Waals surface area contributed by atoms with Crippen molar-refractivity contribution in [2.75, 3.05) is 0 Å². The molecule has 1 saturated carbocycles. The van der Waals surface area contributed by atoms with Gasteiger partial charge < -0.3 is 0 Å². The number of carbonyl (C=O) groups excluding carboxylic acids is 2. The molecule has 22 heavy (non-hydrogen) atoms. The van der Waals surface area contributed by atoms with Gasteiger partial charge in [0.25, 0.3) is 0 Å². The van der Waals surface area contributed by atoms with Crippen LogP contribution < -0.4 is 0 Å². The highest BCUT2D eigenvalue weighted by Gasteiger charge is 2.50. The summed E-state index contributed by atoms with van der Waals surface area (Å²) in [5.41, 5.74) is 2.08. The lowest BCUT2D eigenvalue weighted by Crippen LogP contribution is -2.33. The van der Waals surface area contributed by atoms with Gasteiger partial charge in [-0.05, 0) is 76.4 Å². The lowest BCUT2D eigenvalue weighted by Gasteiger charge is -2.33. The number of ketones is 2. The van der Waals surface area contributed by atoms with Crippen LogP contribution in [0.25, 0.3) is 0 Å². The van der Waals surface area contributed by atoms with Crippen molar-refractivity contribution >= 4 is 11.6 Å². The van der Waals surface area contributed by atoms with Crippen molar-refractivity contribution in [3.8, 4) is 0 Å². The number of fused-ring (bicyclic) bond motifs is 1. The van der Waals surface area contributed by atoms with E-state index in [0.717, 1.165) is 31.3 Å². The molecule has 0 aliphatic heterocycles. The highest BCUT2D eigenvalue weighted by molar-refractivity contribution is 5.96. The van der Waals surface area contributed by atoms with Crippen LogP contribution in [0.2, 0.25) is 0 Å². The Morgan fingerprint density at radius 2 is 2.09 bits per heavy atom. The van der Waals surface area contributed by atoms with Crippen molar-refractivity contribution in [3.63, 3.8) is 0 Å². The van der Waals surface area contributed by atoms with Crippen molar-refractivity contribution in [3.05, 3.63) is 23.3 Å². The number of hydrogen-bond donors (Lipinski definition) is 0. The van der Waals surface area contributed by atoms with Crippen LogP contribution in [0.1, 0.15) is 66.7 Å². The largest absolute Gasteiger partial charge is 0.295 e. The first-order chi connectivity index (χ1) is 10.2. The van der Waals surface area contributed by atoms with Gasteiger partial charge in [0, 0.05) is 11.8 Å². The molecule has 0 radical (unpaired) electrons. The molecular weight excluding hydrogens is 272 g/mol. The van der Waals surface area contributed by atoms with E-state index >= 15 is 0 Å². The van der Waals surface area contributed by atoms with E-state index in [1.165, 1.54) is 5.57 Å². The summed E-state index contributed by atoms with van der Waals surface area (Å²) in [6, 6.07) is 0. The van der Waals surface area contributed by atoms with Crippen LogP contribution in [-0.2, 0) is 9.59 Å². The molecule has 0 amide bonds. The van der Waals surface area contributed by atoms with Crippen LogP contribution in [-0.4, -0.2) is 11.6 Å². The average molecular weight is 302 g/mol. The SMILES string of the molecule is CC(C)=CC(=O)C[C@H](C)[C@H]1CC[C@@]2(C)C(=O)C=C(C)CC[C@H]12. The fraction of sp³-hybridized carbons (Fsp3) is 0.700. The van der Waals surface area contributed by atoms with E-state index in [-0.39, 0.29) is 11.2 Å². The minimum Gasteiger partial charge on any atom is -0.295 e. The van der Waals surface area contributed by atoms with E-state index in [9.17, 15) is 9.59 Å². The summed E-state index contributed by atoms with van der Waals surface area (Å²) in [6.07, 6.45) is 8.43. The lowest BCUT2D eigenvalue weighted by atomic mass is 9.70. The van der Waals surface area contributed by atoms with Crippen LogP contribution >= 0.6 is 0 Å². The van der Waals surface area contributed by atoms with Crippen LogP contribution in [0, 0.1) is 23.2 Å². The molecule has 2 aliphatic rings. The van der Waals surface area contributed by atoms with Gasteiger partial charge in [-0.1, -0.05) is 25.0 Å². The minimum atomic E-state index is -0.198. The Kier molecular flexibility index (Phi) is 5.09. The predicted molar refractivity (Wildman–Crippen MR) is 90.5 cm³/mol. The van der Waals surface area contributed by atoms with Gasteiger partial charge in [-0.2, -0.15) is 0 Å². The van der Waals surface area contributed by atoms with Crippen LogP contribution in [0.3, 0.4) is 0 Å². The van der Waals surface area contributed by atoms with E-state index in [1.807, 2.05) is 19.9 Å². The van der Waals surface area contributed by atoms with E-state index in [2.05, 4.69) is 20.8 Å². The third kappa shape index (κ3) is 3.42. The quantitative estimate of drug-likeness (QED) is 0.693. The summed E-state index contributed by atoms with van der Waals surface area (Å²) in [5.74, 6) is 1.85. The highest BCUT2D eigenvalue weighted by atomic mass is 16.1. The zero-order valence-corrected chi connectivity index (χ0v) is 14.7. The molecule has 0 bridgehead atoms. The second kappa shape index (κ2) is 6.52. The predicted octanol–water partition coefficient (Wildman–Crippen LogP) is 4.89. The molecule has 1 fully saturated rings. The molecule has 0 aromatic heterocycles. The average Bonchev–Trinajstić information content (AvgIpc) is 2.68. The molecule has 0 aromatic carbocycles. The van der Waals surface area contributed by atoms with Crippen LogP contribution in [0.5, 0.6) is 0 Å². The number of rotatable bonds is 4. The molecule has 0 saturated heterocycles. The van der Waals surface area contributed by atoms with Crippen molar-refractivity contribution in [2.24, 2.45) is 23.2 Å². The third-order valence-corrected chi connectivity index (χ3v) is 5.83. The van der Waals surface area contributed by atoms with E-state index in [0.29, 0.717) is 30.0 Å². The van der Waals surface area contributed by atoms with Gasteiger partial charge >= 0.3 is 0 Å². The first-order valence-electron chi connectivity index (χ1n) is 8.63. The Morgan fingerprint density at radius 1 is 1.41 bits per heavy atom. The lowest BCUT2D eigenvalue weighted by molar-refractivity contribution is -0.125. The summed E-state index contributed by atoms with van der Waals surface area (Å²) >= 11 is 0. The monoisotopic (exact) mass is 302 g/mol. The van der Waals surface area contributed by atoms with E-state index in [1.54, 1.807) is 6.08 Å². The number of allylic oxidation sites excluding steroid dienone is 4.